The molecule has 0 aliphatic heterocycles. The quantitative estimate of drug-likeness (QED) is 0.140. The number of rotatable bonds is 18. The molecule has 29 heavy (non-hydrogen) atoms. The summed E-state index contributed by atoms with van der Waals surface area (Å²) in [4.78, 5) is 10.7. The fraction of sp³-hybridized carbons (Fsp3) is 0.640. The normalized spacial score (nSPS) is 10.8. The first-order valence-corrected chi connectivity index (χ1v) is 11.8. The van der Waals surface area contributed by atoms with Crippen molar-refractivity contribution in [3.63, 3.8) is 0 Å². The van der Waals surface area contributed by atoms with E-state index >= 15 is 0 Å². The molecule has 0 spiro atoms. The lowest BCUT2D eigenvalue weighted by Crippen LogP contribution is -2.01. The highest BCUT2D eigenvalue weighted by atomic mass is 35.5. The van der Waals surface area contributed by atoms with Crippen LogP contribution in [0.1, 0.15) is 102 Å². The summed E-state index contributed by atoms with van der Waals surface area (Å²) < 4.78 is 0. The van der Waals surface area contributed by atoms with Crippen LogP contribution in [0.2, 0.25) is 0 Å². The smallest absolute Gasteiger partial charge is 0.245 e. The molecular formula is C25H41Cl2NO. The molecule has 166 valence electrons. The van der Waals surface area contributed by atoms with Crippen LogP contribution >= 0.6 is 24.0 Å². The Morgan fingerprint density at radius 3 is 1.69 bits per heavy atom. The molecule has 0 amide bonds. The lowest BCUT2D eigenvalue weighted by atomic mass is 10.0. The molecule has 1 aromatic carbocycles. The van der Waals surface area contributed by atoms with Crippen LogP contribution in [0, 0.1) is 0 Å². The van der Waals surface area contributed by atoms with Gasteiger partial charge < -0.3 is 5.32 Å². The Hall–Kier alpha value is -0.990. The second-order valence-corrected chi connectivity index (χ2v) is 8.15. The molecule has 0 radical (unpaired) electrons. The van der Waals surface area contributed by atoms with Crippen molar-refractivity contribution in [2.45, 2.75) is 96.8 Å². The minimum absolute atomic E-state index is 0. The topological polar surface area (TPSA) is 29.1 Å². The van der Waals surface area contributed by atoms with Gasteiger partial charge in [-0.2, -0.15) is 0 Å². The molecule has 1 N–H and O–H groups in total. The van der Waals surface area contributed by atoms with E-state index < -0.39 is 5.24 Å². The van der Waals surface area contributed by atoms with Gasteiger partial charge >= 0.3 is 0 Å². The van der Waals surface area contributed by atoms with E-state index in [1.165, 1.54) is 96.0 Å². The molecule has 0 aliphatic rings. The van der Waals surface area contributed by atoms with Gasteiger partial charge in [0.25, 0.3) is 0 Å². The van der Waals surface area contributed by atoms with Gasteiger partial charge in [0, 0.05) is 12.2 Å². The molecule has 0 bridgehead atoms. The summed E-state index contributed by atoms with van der Waals surface area (Å²) in [6, 6.07) is 8.07. The summed E-state index contributed by atoms with van der Waals surface area (Å²) in [7, 11) is 0. The van der Waals surface area contributed by atoms with Gasteiger partial charge in [-0.25, -0.2) is 0 Å². The minimum Gasteiger partial charge on any atom is -0.385 e. The largest absolute Gasteiger partial charge is 0.385 e. The maximum Gasteiger partial charge on any atom is 0.245 e. The molecule has 2 nitrogen and oxygen atoms in total. The van der Waals surface area contributed by atoms with Gasteiger partial charge in [-0.15, -0.1) is 12.4 Å². The van der Waals surface area contributed by atoms with Crippen molar-refractivity contribution in [1.82, 2.24) is 0 Å². The zero-order valence-electron chi connectivity index (χ0n) is 18.3. The fourth-order valence-corrected chi connectivity index (χ4v) is 3.49. The van der Waals surface area contributed by atoms with Crippen molar-refractivity contribution in [2.75, 3.05) is 11.9 Å². The van der Waals surface area contributed by atoms with E-state index in [1.54, 1.807) is 6.08 Å². The molecule has 0 unspecified atom stereocenters. The second kappa shape index (κ2) is 20.3. The van der Waals surface area contributed by atoms with E-state index in [4.69, 9.17) is 11.6 Å². The summed E-state index contributed by atoms with van der Waals surface area (Å²) in [5, 5.41) is 3.02. The van der Waals surface area contributed by atoms with Crippen molar-refractivity contribution in [3.8, 4) is 0 Å². The van der Waals surface area contributed by atoms with Crippen LogP contribution in [0.3, 0.4) is 0 Å². The summed E-state index contributed by atoms with van der Waals surface area (Å²) in [6.07, 6.45) is 22.6. The van der Waals surface area contributed by atoms with Crippen LogP contribution in [0.25, 0.3) is 6.08 Å². The lowest BCUT2D eigenvalue weighted by molar-refractivity contribution is -0.107. The van der Waals surface area contributed by atoms with E-state index in [-0.39, 0.29) is 12.4 Å². The number of nitrogens with one attached hydrogen (secondary N) is 1. The third kappa shape index (κ3) is 17.6. The van der Waals surface area contributed by atoms with Gasteiger partial charge in [0.2, 0.25) is 5.24 Å². The van der Waals surface area contributed by atoms with Crippen molar-refractivity contribution >= 4 is 41.0 Å². The van der Waals surface area contributed by atoms with Crippen LogP contribution in [-0.4, -0.2) is 11.8 Å². The Kier molecular flexibility index (Phi) is 19.6. The van der Waals surface area contributed by atoms with Crippen molar-refractivity contribution in [1.29, 1.82) is 0 Å². The van der Waals surface area contributed by atoms with Crippen LogP contribution < -0.4 is 5.32 Å². The standard InChI is InChI=1S/C25H40ClNO.ClH/c1-2-3-4-5-6-7-8-9-10-11-12-13-14-15-22-27-24-19-16-23(17-20-24)18-21-25(26)28;/h16-21,27H,2-15,22H2,1H3;1H/b21-18+;. The van der Waals surface area contributed by atoms with E-state index in [0.29, 0.717) is 0 Å². The number of anilines is 1. The number of hydrogen-bond acceptors (Lipinski definition) is 2. The van der Waals surface area contributed by atoms with Gasteiger partial charge in [0.1, 0.15) is 0 Å². The Morgan fingerprint density at radius 1 is 0.793 bits per heavy atom. The van der Waals surface area contributed by atoms with Crippen molar-refractivity contribution in [3.05, 3.63) is 35.9 Å². The average Bonchev–Trinajstić information content (AvgIpc) is 2.70. The van der Waals surface area contributed by atoms with E-state index in [9.17, 15) is 4.79 Å². The number of allylic oxidation sites excluding steroid dienone is 1. The maximum absolute atomic E-state index is 10.7. The molecule has 0 fully saturated rings. The molecule has 1 aromatic rings. The van der Waals surface area contributed by atoms with Crippen molar-refractivity contribution in [2.24, 2.45) is 0 Å². The minimum atomic E-state index is -0.444. The molecule has 4 heteroatoms. The first-order chi connectivity index (χ1) is 13.7. The zero-order chi connectivity index (χ0) is 20.3. The van der Waals surface area contributed by atoms with E-state index in [1.807, 2.05) is 24.3 Å². The number of hydrogen-bond donors (Lipinski definition) is 1. The summed E-state index contributed by atoms with van der Waals surface area (Å²) in [5.74, 6) is 0. The number of halogens is 2. The highest BCUT2D eigenvalue weighted by Crippen LogP contribution is 2.14. The number of carbonyl (C=O) groups excluding carboxylic acids is 1. The molecule has 0 atom stereocenters. The second-order valence-electron chi connectivity index (χ2n) is 7.78. The summed E-state index contributed by atoms with van der Waals surface area (Å²) in [6.45, 7) is 3.30. The predicted molar refractivity (Wildman–Crippen MR) is 132 cm³/mol. The number of benzene rings is 1. The van der Waals surface area contributed by atoms with Crippen LogP contribution in [0.4, 0.5) is 5.69 Å². The molecule has 0 heterocycles. The van der Waals surface area contributed by atoms with E-state index in [0.717, 1.165) is 17.8 Å². The van der Waals surface area contributed by atoms with Gasteiger partial charge in [0.05, 0.1) is 0 Å². The van der Waals surface area contributed by atoms with Gasteiger partial charge in [-0.3, -0.25) is 4.79 Å². The molecule has 0 aromatic heterocycles. The monoisotopic (exact) mass is 441 g/mol. The SMILES string of the molecule is CCCCCCCCCCCCCCCCNc1ccc(/C=C/C(=O)Cl)cc1.Cl. The highest BCUT2D eigenvalue weighted by Gasteiger charge is 1.96. The third-order valence-corrected chi connectivity index (χ3v) is 5.30. The fourth-order valence-electron chi connectivity index (χ4n) is 3.43. The predicted octanol–water partition coefficient (Wildman–Crippen LogP) is 8.78. The third-order valence-electron chi connectivity index (χ3n) is 5.18. The first kappa shape index (κ1) is 28.0. The summed E-state index contributed by atoms with van der Waals surface area (Å²) >= 11 is 5.30. The van der Waals surface area contributed by atoms with E-state index in [2.05, 4.69) is 12.2 Å². The number of carbonyl (C=O) groups is 1. The average molecular weight is 443 g/mol. The summed E-state index contributed by atoms with van der Waals surface area (Å²) in [5.41, 5.74) is 2.11. The molecule has 0 saturated heterocycles. The molecule has 1 rings (SSSR count). The first-order valence-electron chi connectivity index (χ1n) is 11.4. The Balaban J connectivity index is 0.00000784. The zero-order valence-corrected chi connectivity index (χ0v) is 19.8. The lowest BCUT2D eigenvalue weighted by Gasteiger charge is -2.07. The van der Waals surface area contributed by atoms with Crippen molar-refractivity contribution < 1.29 is 4.79 Å². The Labute approximate surface area is 190 Å². The molecular weight excluding hydrogens is 401 g/mol. The number of unbranched alkanes of at least 4 members (excludes halogenated alkanes) is 13. The van der Waals surface area contributed by atoms with Crippen LogP contribution in [-0.2, 0) is 4.79 Å². The highest BCUT2D eigenvalue weighted by molar-refractivity contribution is 6.66. The molecule has 0 saturated carbocycles. The van der Waals surface area contributed by atoms with Crippen LogP contribution in [0.5, 0.6) is 0 Å². The molecule has 0 aliphatic carbocycles. The maximum atomic E-state index is 10.7. The Morgan fingerprint density at radius 2 is 1.24 bits per heavy atom. The van der Waals surface area contributed by atoms with Gasteiger partial charge in [0.15, 0.2) is 0 Å². The Bertz CT molecular complexity index is 528. The van der Waals surface area contributed by atoms with Gasteiger partial charge in [-0.05, 0) is 41.8 Å². The van der Waals surface area contributed by atoms with Gasteiger partial charge in [-0.1, -0.05) is 109 Å². The van der Waals surface area contributed by atoms with Crippen LogP contribution in [0.15, 0.2) is 30.3 Å².